The predicted molar refractivity (Wildman–Crippen MR) is 75.4 cm³/mol. The average molecular weight is 280 g/mol. The van der Waals surface area contributed by atoms with Crippen LogP contribution in [0.2, 0.25) is 10.0 Å². The van der Waals surface area contributed by atoms with Gasteiger partial charge in [-0.2, -0.15) is 0 Å². The topological polar surface area (TPSA) is 12.0 Å². The maximum atomic E-state index is 5.88. The number of benzene rings is 1. The van der Waals surface area contributed by atoms with Crippen LogP contribution in [0, 0.1) is 0 Å². The molecule has 0 atom stereocenters. The van der Waals surface area contributed by atoms with Gasteiger partial charge < -0.3 is 5.32 Å². The van der Waals surface area contributed by atoms with Crippen LogP contribution in [0.1, 0.15) is 13.3 Å². The zero-order valence-electron chi connectivity index (χ0n) is 8.22. The molecule has 0 aliphatic carbocycles. The maximum absolute atomic E-state index is 5.88. The fourth-order valence-electron chi connectivity index (χ4n) is 0.923. The maximum Gasteiger partial charge on any atom is 0.138 e. The molecule has 82 valence electrons. The first-order valence-corrected chi connectivity index (χ1v) is 6.67. The molecule has 0 spiro atoms. The number of hydrogen-bond donors (Lipinski definition) is 1. The van der Waals surface area contributed by atoms with Gasteiger partial charge in [0.15, 0.2) is 0 Å². The summed E-state index contributed by atoms with van der Waals surface area (Å²) in [6.07, 6.45) is 1.11. The van der Waals surface area contributed by atoms with E-state index in [0.29, 0.717) is 10.0 Å². The van der Waals surface area contributed by atoms with Crippen LogP contribution in [0.5, 0.6) is 0 Å². The molecule has 0 radical (unpaired) electrons. The molecule has 0 saturated heterocycles. The molecule has 0 aromatic heterocycles. The third kappa shape index (κ3) is 4.60. The lowest BCUT2D eigenvalue weighted by atomic mass is 10.3. The number of thiocarbonyl (C=S) groups is 1. The molecule has 0 fully saturated rings. The Balaban J connectivity index is 2.57. The standard InChI is InChI=1S/C10H11Cl2NS2/c1-2-5-15-10(14)13-7-3-4-8(11)9(12)6-7/h3-4,6H,2,5H2,1H3,(H,13,14). The van der Waals surface area contributed by atoms with Crippen LogP contribution in [-0.2, 0) is 0 Å². The van der Waals surface area contributed by atoms with E-state index in [1.54, 1.807) is 23.9 Å². The summed E-state index contributed by atoms with van der Waals surface area (Å²) in [6.45, 7) is 2.12. The van der Waals surface area contributed by atoms with Crippen molar-refractivity contribution in [1.29, 1.82) is 0 Å². The van der Waals surface area contributed by atoms with Crippen molar-refractivity contribution in [2.24, 2.45) is 0 Å². The molecule has 0 unspecified atom stereocenters. The Kier molecular flexibility index (Phi) is 5.75. The number of thioether (sulfide) groups is 1. The fourth-order valence-corrected chi connectivity index (χ4v) is 2.17. The van der Waals surface area contributed by atoms with E-state index in [-0.39, 0.29) is 0 Å². The highest BCUT2D eigenvalue weighted by Crippen LogP contribution is 2.25. The molecule has 0 amide bonds. The molecule has 0 aliphatic heterocycles. The van der Waals surface area contributed by atoms with Crippen molar-refractivity contribution in [1.82, 2.24) is 0 Å². The molecular weight excluding hydrogens is 269 g/mol. The lowest BCUT2D eigenvalue weighted by Gasteiger charge is -2.07. The third-order valence-corrected chi connectivity index (χ3v) is 3.77. The zero-order chi connectivity index (χ0) is 11.3. The van der Waals surface area contributed by atoms with Gasteiger partial charge in [-0.1, -0.05) is 54.1 Å². The minimum atomic E-state index is 0.532. The van der Waals surface area contributed by atoms with E-state index >= 15 is 0 Å². The Morgan fingerprint density at radius 2 is 2.13 bits per heavy atom. The quantitative estimate of drug-likeness (QED) is 0.796. The van der Waals surface area contributed by atoms with E-state index in [4.69, 9.17) is 35.4 Å². The Hall–Kier alpha value is 0.0400. The summed E-state index contributed by atoms with van der Waals surface area (Å²) in [5.74, 6) is 1.02. The number of rotatable bonds is 3. The molecule has 1 nitrogen and oxygen atoms in total. The van der Waals surface area contributed by atoms with E-state index in [1.807, 2.05) is 6.07 Å². The van der Waals surface area contributed by atoms with Gasteiger partial charge in [-0.05, 0) is 30.4 Å². The van der Waals surface area contributed by atoms with Crippen LogP contribution in [0.4, 0.5) is 5.69 Å². The van der Waals surface area contributed by atoms with Crippen molar-refractivity contribution in [2.45, 2.75) is 13.3 Å². The molecule has 0 saturated carbocycles. The van der Waals surface area contributed by atoms with Gasteiger partial charge >= 0.3 is 0 Å². The monoisotopic (exact) mass is 279 g/mol. The lowest BCUT2D eigenvalue weighted by Crippen LogP contribution is -2.04. The van der Waals surface area contributed by atoms with Gasteiger partial charge in [-0.15, -0.1) is 0 Å². The van der Waals surface area contributed by atoms with Gasteiger partial charge in [0, 0.05) is 5.69 Å². The van der Waals surface area contributed by atoms with E-state index in [2.05, 4.69) is 12.2 Å². The first kappa shape index (κ1) is 13.1. The summed E-state index contributed by atoms with van der Waals surface area (Å²) in [7, 11) is 0. The molecule has 15 heavy (non-hydrogen) atoms. The van der Waals surface area contributed by atoms with E-state index < -0.39 is 0 Å². The summed E-state index contributed by atoms with van der Waals surface area (Å²) in [6, 6.07) is 5.37. The largest absolute Gasteiger partial charge is 0.341 e. The lowest BCUT2D eigenvalue weighted by molar-refractivity contribution is 1.11. The molecule has 0 bridgehead atoms. The van der Waals surface area contributed by atoms with Crippen LogP contribution < -0.4 is 5.32 Å². The minimum absolute atomic E-state index is 0.532. The molecule has 5 heteroatoms. The predicted octanol–water partition coefficient (Wildman–Crippen LogP) is 4.83. The Bertz CT molecular complexity index is 355. The summed E-state index contributed by atoms with van der Waals surface area (Å²) >= 11 is 18.5. The molecule has 1 aromatic rings. The first-order chi connectivity index (χ1) is 7.13. The van der Waals surface area contributed by atoms with Gasteiger partial charge in [-0.25, -0.2) is 0 Å². The van der Waals surface area contributed by atoms with Crippen LogP contribution in [0.15, 0.2) is 18.2 Å². The van der Waals surface area contributed by atoms with Crippen molar-refractivity contribution in [3.05, 3.63) is 28.2 Å². The summed E-state index contributed by atoms with van der Waals surface area (Å²) in [4.78, 5) is 0. The van der Waals surface area contributed by atoms with Crippen molar-refractivity contribution < 1.29 is 0 Å². The van der Waals surface area contributed by atoms with Crippen LogP contribution >= 0.6 is 47.2 Å². The molecule has 0 heterocycles. The van der Waals surface area contributed by atoms with Crippen molar-refractivity contribution >= 4 is 57.2 Å². The number of hydrogen-bond acceptors (Lipinski definition) is 2. The van der Waals surface area contributed by atoms with Crippen molar-refractivity contribution in [2.75, 3.05) is 11.1 Å². The van der Waals surface area contributed by atoms with Gasteiger partial charge in [0.25, 0.3) is 0 Å². The Morgan fingerprint density at radius 3 is 2.73 bits per heavy atom. The van der Waals surface area contributed by atoms with Crippen molar-refractivity contribution in [3.63, 3.8) is 0 Å². The smallest absolute Gasteiger partial charge is 0.138 e. The van der Waals surface area contributed by atoms with Gasteiger partial charge in [0.2, 0.25) is 0 Å². The second-order valence-corrected chi connectivity index (χ2v) is 5.48. The van der Waals surface area contributed by atoms with E-state index in [1.165, 1.54) is 0 Å². The highest BCUT2D eigenvalue weighted by molar-refractivity contribution is 8.23. The Morgan fingerprint density at radius 1 is 1.40 bits per heavy atom. The fraction of sp³-hybridized carbons (Fsp3) is 0.300. The SMILES string of the molecule is CCCSC(=S)Nc1ccc(Cl)c(Cl)c1. The zero-order valence-corrected chi connectivity index (χ0v) is 11.4. The highest BCUT2D eigenvalue weighted by Gasteiger charge is 2.01. The van der Waals surface area contributed by atoms with Crippen LogP contribution in [0.3, 0.4) is 0 Å². The summed E-state index contributed by atoms with van der Waals surface area (Å²) < 4.78 is 0.759. The van der Waals surface area contributed by atoms with E-state index in [0.717, 1.165) is 22.2 Å². The minimum Gasteiger partial charge on any atom is -0.341 e. The average Bonchev–Trinajstić information content (AvgIpc) is 2.20. The number of anilines is 1. The third-order valence-electron chi connectivity index (χ3n) is 1.60. The first-order valence-electron chi connectivity index (χ1n) is 4.52. The summed E-state index contributed by atoms with van der Waals surface area (Å²) in [5, 5.41) is 4.18. The molecule has 0 aliphatic rings. The van der Waals surface area contributed by atoms with Crippen molar-refractivity contribution in [3.8, 4) is 0 Å². The normalized spacial score (nSPS) is 10.1. The molecular formula is C10H11Cl2NS2. The number of halogens is 2. The second kappa shape index (κ2) is 6.59. The van der Waals surface area contributed by atoms with Crippen LogP contribution in [-0.4, -0.2) is 10.1 Å². The van der Waals surface area contributed by atoms with E-state index in [9.17, 15) is 0 Å². The number of nitrogens with one attached hydrogen (secondary N) is 1. The molecule has 1 aromatic carbocycles. The molecule has 1 rings (SSSR count). The Labute approximate surface area is 110 Å². The molecule has 1 N–H and O–H groups in total. The van der Waals surface area contributed by atoms with Gasteiger partial charge in [0.05, 0.1) is 10.0 Å². The van der Waals surface area contributed by atoms with Gasteiger partial charge in [-0.3, -0.25) is 0 Å². The second-order valence-electron chi connectivity index (χ2n) is 2.89. The van der Waals surface area contributed by atoms with Crippen LogP contribution in [0.25, 0.3) is 0 Å². The summed E-state index contributed by atoms with van der Waals surface area (Å²) in [5.41, 5.74) is 0.873. The highest BCUT2D eigenvalue weighted by atomic mass is 35.5. The van der Waals surface area contributed by atoms with Gasteiger partial charge in [0.1, 0.15) is 4.32 Å².